The van der Waals surface area contributed by atoms with E-state index in [1.807, 2.05) is 32.8 Å². The molecule has 2 N–H and O–H groups in total. The Bertz CT molecular complexity index is 529. The van der Waals surface area contributed by atoms with Gasteiger partial charge in [0.1, 0.15) is 0 Å². The second-order valence-electron chi connectivity index (χ2n) is 5.34. The van der Waals surface area contributed by atoms with Gasteiger partial charge in [-0.15, -0.1) is 0 Å². The van der Waals surface area contributed by atoms with Gasteiger partial charge in [0.05, 0.1) is 5.69 Å². The third-order valence-electron chi connectivity index (χ3n) is 2.97. The van der Waals surface area contributed by atoms with Gasteiger partial charge in [-0.2, -0.15) is 0 Å². The number of pyridine rings is 1. The first-order valence-corrected chi connectivity index (χ1v) is 8.06. The summed E-state index contributed by atoms with van der Waals surface area (Å²) < 4.78 is 27.7. The molecule has 114 valence electrons. The number of hydrogen-bond donors (Lipinski definition) is 2. The van der Waals surface area contributed by atoms with E-state index in [1.165, 1.54) is 6.20 Å². The van der Waals surface area contributed by atoms with Crippen molar-refractivity contribution in [1.29, 1.82) is 0 Å². The normalized spacial score (nSPS) is 13.8. The zero-order chi connectivity index (χ0) is 15.3. The molecule has 0 saturated heterocycles. The summed E-state index contributed by atoms with van der Waals surface area (Å²) in [5.41, 5.74) is 0.493. The van der Waals surface area contributed by atoms with Crippen molar-refractivity contribution in [3.63, 3.8) is 0 Å². The standard InChI is InChI=1S/C13H24N4O2S/c1-10(2)12(9-17(4)5)16-20(18,19)13-11(14-3)7-6-8-15-13/h6-8,10,12,14,16H,9H2,1-5H3. The second-order valence-corrected chi connectivity index (χ2v) is 6.97. The summed E-state index contributed by atoms with van der Waals surface area (Å²) >= 11 is 0. The van der Waals surface area contributed by atoms with Gasteiger partial charge in [-0.1, -0.05) is 13.8 Å². The first-order valence-electron chi connectivity index (χ1n) is 6.57. The molecule has 0 aliphatic carbocycles. The van der Waals surface area contributed by atoms with Crippen LogP contribution in [0.25, 0.3) is 0 Å². The first-order chi connectivity index (χ1) is 9.27. The van der Waals surface area contributed by atoms with Gasteiger partial charge in [-0.05, 0) is 32.1 Å². The van der Waals surface area contributed by atoms with Crippen LogP contribution >= 0.6 is 0 Å². The average molecular weight is 300 g/mol. The summed E-state index contributed by atoms with van der Waals surface area (Å²) in [6.45, 7) is 4.63. The molecule has 0 aliphatic heterocycles. The van der Waals surface area contributed by atoms with Crippen LogP contribution in [-0.2, 0) is 10.0 Å². The maximum atomic E-state index is 12.5. The lowest BCUT2D eigenvalue weighted by molar-refractivity contribution is 0.314. The van der Waals surface area contributed by atoms with Crippen molar-refractivity contribution in [1.82, 2.24) is 14.6 Å². The van der Waals surface area contributed by atoms with Crippen molar-refractivity contribution in [3.8, 4) is 0 Å². The fourth-order valence-corrected chi connectivity index (χ4v) is 3.34. The second kappa shape index (κ2) is 7.01. The fraction of sp³-hybridized carbons (Fsp3) is 0.615. The molecular formula is C13H24N4O2S. The molecule has 0 fully saturated rings. The summed E-state index contributed by atoms with van der Waals surface area (Å²) in [6, 6.07) is 3.23. The Morgan fingerprint density at radius 1 is 1.35 bits per heavy atom. The smallest absolute Gasteiger partial charge is 0.260 e. The number of sulfonamides is 1. The summed E-state index contributed by atoms with van der Waals surface area (Å²) in [4.78, 5) is 5.95. The van der Waals surface area contributed by atoms with Crippen LogP contribution in [-0.4, -0.2) is 52.0 Å². The van der Waals surface area contributed by atoms with E-state index in [0.717, 1.165) is 0 Å². The highest BCUT2D eigenvalue weighted by Gasteiger charge is 2.25. The van der Waals surface area contributed by atoms with E-state index >= 15 is 0 Å². The van der Waals surface area contributed by atoms with Gasteiger partial charge >= 0.3 is 0 Å². The van der Waals surface area contributed by atoms with Crippen LogP contribution in [0.3, 0.4) is 0 Å². The zero-order valence-electron chi connectivity index (χ0n) is 12.7. The van der Waals surface area contributed by atoms with Crippen LogP contribution in [0, 0.1) is 5.92 Å². The van der Waals surface area contributed by atoms with Gasteiger partial charge in [0.25, 0.3) is 10.0 Å². The monoisotopic (exact) mass is 300 g/mol. The van der Waals surface area contributed by atoms with Crippen LogP contribution in [0.5, 0.6) is 0 Å². The molecule has 1 rings (SSSR count). The van der Waals surface area contributed by atoms with E-state index in [-0.39, 0.29) is 17.0 Å². The Balaban J connectivity index is 3.03. The third kappa shape index (κ3) is 4.43. The SMILES string of the molecule is CNc1cccnc1S(=O)(=O)NC(CN(C)C)C(C)C. The number of hydrogen-bond acceptors (Lipinski definition) is 5. The van der Waals surface area contributed by atoms with Gasteiger partial charge in [-0.25, -0.2) is 18.1 Å². The van der Waals surface area contributed by atoms with Crippen molar-refractivity contribution < 1.29 is 8.42 Å². The van der Waals surface area contributed by atoms with E-state index in [4.69, 9.17) is 0 Å². The summed E-state index contributed by atoms with van der Waals surface area (Å²) in [6.07, 6.45) is 1.48. The van der Waals surface area contributed by atoms with Crippen molar-refractivity contribution in [2.45, 2.75) is 24.9 Å². The van der Waals surface area contributed by atoms with Crippen LogP contribution in [0.1, 0.15) is 13.8 Å². The molecule has 0 spiro atoms. The van der Waals surface area contributed by atoms with Crippen molar-refractivity contribution in [2.75, 3.05) is 33.0 Å². The van der Waals surface area contributed by atoms with Gasteiger partial charge in [0.15, 0.2) is 5.03 Å². The Kier molecular flexibility index (Phi) is 5.91. The van der Waals surface area contributed by atoms with Crippen molar-refractivity contribution in [2.24, 2.45) is 5.92 Å². The molecule has 0 bridgehead atoms. The van der Waals surface area contributed by atoms with Gasteiger partial charge in [-0.3, -0.25) is 0 Å². The molecule has 6 nitrogen and oxygen atoms in total. The summed E-state index contributed by atoms with van der Waals surface area (Å²) in [7, 11) is 1.87. The van der Waals surface area contributed by atoms with Crippen LogP contribution in [0.2, 0.25) is 0 Å². The number of rotatable bonds is 7. The first kappa shape index (κ1) is 16.9. The van der Waals surface area contributed by atoms with Crippen molar-refractivity contribution >= 4 is 15.7 Å². The van der Waals surface area contributed by atoms with Crippen LogP contribution in [0.4, 0.5) is 5.69 Å². The Labute approximate surface area is 121 Å². The summed E-state index contributed by atoms with van der Waals surface area (Å²) in [5.74, 6) is 0.189. The highest BCUT2D eigenvalue weighted by Crippen LogP contribution is 2.18. The molecule has 1 atom stereocenters. The van der Waals surface area contributed by atoms with E-state index in [1.54, 1.807) is 19.2 Å². The number of likely N-dealkylation sites (N-methyl/N-ethyl adjacent to an activating group) is 1. The minimum atomic E-state index is -3.64. The molecule has 1 unspecified atom stereocenters. The molecule has 7 heteroatoms. The van der Waals surface area contributed by atoms with Gasteiger partial charge < -0.3 is 10.2 Å². The van der Waals surface area contributed by atoms with Gasteiger partial charge in [0, 0.05) is 25.8 Å². The minimum Gasteiger partial charge on any atom is -0.386 e. The van der Waals surface area contributed by atoms with Gasteiger partial charge in [0.2, 0.25) is 0 Å². The number of nitrogens with zero attached hydrogens (tertiary/aromatic N) is 2. The predicted octanol–water partition coefficient (Wildman–Crippen LogP) is 0.988. The highest BCUT2D eigenvalue weighted by atomic mass is 32.2. The zero-order valence-corrected chi connectivity index (χ0v) is 13.5. The van der Waals surface area contributed by atoms with E-state index < -0.39 is 10.0 Å². The number of aromatic nitrogens is 1. The topological polar surface area (TPSA) is 74.3 Å². The molecule has 0 aromatic carbocycles. The number of anilines is 1. The lowest BCUT2D eigenvalue weighted by Gasteiger charge is -2.25. The Morgan fingerprint density at radius 3 is 2.50 bits per heavy atom. The molecular weight excluding hydrogens is 276 g/mol. The van der Waals surface area contributed by atoms with E-state index in [0.29, 0.717) is 12.2 Å². The highest BCUT2D eigenvalue weighted by molar-refractivity contribution is 7.89. The molecule has 0 amide bonds. The summed E-state index contributed by atoms with van der Waals surface area (Å²) in [5, 5.41) is 2.89. The maximum Gasteiger partial charge on any atom is 0.260 e. The van der Waals surface area contributed by atoms with Crippen molar-refractivity contribution in [3.05, 3.63) is 18.3 Å². The number of nitrogens with one attached hydrogen (secondary N) is 2. The molecule has 1 heterocycles. The average Bonchev–Trinajstić information content (AvgIpc) is 2.37. The predicted molar refractivity (Wildman–Crippen MR) is 81.3 cm³/mol. The van der Waals surface area contributed by atoms with E-state index in [2.05, 4.69) is 15.0 Å². The fourth-order valence-electron chi connectivity index (χ4n) is 1.83. The third-order valence-corrected chi connectivity index (χ3v) is 4.42. The van der Waals surface area contributed by atoms with Crippen LogP contribution < -0.4 is 10.0 Å². The molecule has 1 aromatic rings. The van der Waals surface area contributed by atoms with Crippen LogP contribution in [0.15, 0.2) is 23.4 Å². The minimum absolute atomic E-state index is 0.0342. The van der Waals surface area contributed by atoms with E-state index in [9.17, 15) is 8.42 Å². The molecule has 20 heavy (non-hydrogen) atoms. The lowest BCUT2D eigenvalue weighted by Crippen LogP contribution is -2.45. The molecule has 1 aromatic heterocycles. The molecule has 0 saturated carbocycles. The Morgan fingerprint density at radius 2 is 2.00 bits per heavy atom. The Hall–Kier alpha value is -1.18. The molecule has 0 radical (unpaired) electrons. The lowest BCUT2D eigenvalue weighted by atomic mass is 10.1. The quantitative estimate of drug-likeness (QED) is 0.785. The molecule has 0 aliphatic rings. The largest absolute Gasteiger partial charge is 0.386 e. The maximum absolute atomic E-state index is 12.5.